The van der Waals surface area contributed by atoms with Crippen molar-refractivity contribution in [3.05, 3.63) is 84.8 Å². The van der Waals surface area contributed by atoms with Crippen molar-refractivity contribution in [3.8, 4) is 22.8 Å². The van der Waals surface area contributed by atoms with Crippen LogP contribution >= 0.6 is 0 Å². The number of carbonyl (C=O) groups is 2. The number of aromatic nitrogens is 3. The van der Waals surface area contributed by atoms with Gasteiger partial charge in [-0.3, -0.25) is 19.3 Å². The molecule has 2 aromatic heterocycles. The Kier molecular flexibility index (Phi) is 6.84. The maximum Gasteiger partial charge on any atom is 0.240 e. The minimum atomic E-state index is -1.27. The third-order valence-electron chi connectivity index (χ3n) is 6.13. The van der Waals surface area contributed by atoms with Crippen LogP contribution in [0.4, 0.5) is 20.2 Å². The summed E-state index contributed by atoms with van der Waals surface area (Å²) in [6.07, 6.45) is 5.55. The lowest BCUT2D eigenvalue weighted by Crippen LogP contribution is -2.35. The summed E-state index contributed by atoms with van der Waals surface area (Å²) < 4.78 is 35.2. The molecule has 0 radical (unpaired) electrons. The van der Waals surface area contributed by atoms with Gasteiger partial charge in [0.1, 0.15) is 17.0 Å². The van der Waals surface area contributed by atoms with Crippen molar-refractivity contribution in [2.45, 2.75) is 19.4 Å². The monoisotopic (exact) mass is 519 g/mol. The Balaban J connectivity index is 1.24. The van der Waals surface area contributed by atoms with Crippen molar-refractivity contribution in [1.82, 2.24) is 14.8 Å². The maximum atomic E-state index is 14.8. The molecule has 4 aromatic rings. The summed E-state index contributed by atoms with van der Waals surface area (Å²) >= 11 is 0. The molecule has 0 saturated heterocycles. The first-order valence-electron chi connectivity index (χ1n) is 11.8. The highest BCUT2D eigenvalue weighted by molar-refractivity contribution is 6.16. The molecule has 0 spiro atoms. The van der Waals surface area contributed by atoms with Crippen LogP contribution in [0.3, 0.4) is 0 Å². The largest absolute Gasteiger partial charge is 0.454 e. The molecule has 1 aliphatic carbocycles. The number of aliphatic hydroxyl groups is 1. The Labute approximate surface area is 216 Å². The molecule has 1 aliphatic rings. The second-order valence-corrected chi connectivity index (χ2v) is 8.84. The molecule has 194 valence electrons. The van der Waals surface area contributed by atoms with Gasteiger partial charge in [-0.05, 0) is 55.3 Å². The fourth-order valence-electron chi connectivity index (χ4n) is 3.86. The second-order valence-electron chi connectivity index (χ2n) is 8.84. The number of benzene rings is 2. The zero-order chi connectivity index (χ0) is 26.7. The SMILES string of the molecule is O=C(Nc1ccc(F)cc1)C1(C(=O)Nc2ccc(Oc3ccnc(-c4cnn(CCO)c4)c3)c(F)c2)CC1. The predicted octanol–water partition coefficient (Wildman–Crippen LogP) is 4.37. The molecular weight excluding hydrogens is 496 g/mol. The van der Waals surface area contributed by atoms with Crippen LogP contribution in [0.2, 0.25) is 0 Å². The number of hydrogen-bond donors (Lipinski definition) is 3. The summed E-state index contributed by atoms with van der Waals surface area (Å²) in [6.45, 7) is 0.307. The van der Waals surface area contributed by atoms with Crippen molar-refractivity contribution < 1.29 is 28.2 Å². The standard InChI is InChI=1S/C27H23F2N5O4/c28-18-1-3-19(4-2-18)32-25(36)27(8-9-27)26(37)33-20-5-6-24(22(29)13-20)38-21-7-10-30-23(14-21)17-15-31-34(16-17)11-12-35/h1-7,10,13-16,35H,8-9,11-12H2,(H,32,36)(H,33,37). The van der Waals surface area contributed by atoms with Crippen molar-refractivity contribution in [2.75, 3.05) is 17.2 Å². The third-order valence-corrected chi connectivity index (χ3v) is 6.13. The van der Waals surface area contributed by atoms with Gasteiger partial charge in [0.05, 0.1) is 25.0 Å². The van der Waals surface area contributed by atoms with Crippen molar-refractivity contribution >= 4 is 23.2 Å². The van der Waals surface area contributed by atoms with Gasteiger partial charge < -0.3 is 20.5 Å². The van der Waals surface area contributed by atoms with E-state index in [1.54, 1.807) is 29.2 Å². The molecule has 3 N–H and O–H groups in total. The van der Waals surface area contributed by atoms with Gasteiger partial charge in [-0.2, -0.15) is 5.10 Å². The molecule has 0 aliphatic heterocycles. The van der Waals surface area contributed by atoms with E-state index in [0.717, 1.165) is 6.07 Å². The quantitative estimate of drug-likeness (QED) is 0.283. The number of anilines is 2. The van der Waals surface area contributed by atoms with Crippen LogP contribution in [-0.4, -0.2) is 38.3 Å². The van der Waals surface area contributed by atoms with E-state index >= 15 is 0 Å². The minimum absolute atomic E-state index is 0.0440. The van der Waals surface area contributed by atoms with Gasteiger partial charge in [0.25, 0.3) is 0 Å². The Bertz CT molecular complexity index is 1490. The molecule has 2 aromatic carbocycles. The summed E-state index contributed by atoms with van der Waals surface area (Å²) in [6, 6.07) is 12.4. The molecule has 38 heavy (non-hydrogen) atoms. The number of aliphatic hydroxyl groups excluding tert-OH is 1. The van der Waals surface area contributed by atoms with E-state index in [-0.39, 0.29) is 18.0 Å². The highest BCUT2D eigenvalue weighted by Crippen LogP contribution is 2.47. The van der Waals surface area contributed by atoms with E-state index in [9.17, 15) is 18.4 Å². The van der Waals surface area contributed by atoms with Gasteiger partial charge in [0, 0.05) is 41.5 Å². The number of hydrogen-bond acceptors (Lipinski definition) is 6. The van der Waals surface area contributed by atoms with E-state index in [4.69, 9.17) is 9.84 Å². The number of carbonyl (C=O) groups excluding carboxylic acids is 2. The average molecular weight is 520 g/mol. The van der Waals surface area contributed by atoms with E-state index in [2.05, 4.69) is 20.7 Å². The van der Waals surface area contributed by atoms with Crippen molar-refractivity contribution in [1.29, 1.82) is 0 Å². The van der Waals surface area contributed by atoms with Gasteiger partial charge in [-0.1, -0.05) is 0 Å². The predicted molar refractivity (Wildman–Crippen MR) is 134 cm³/mol. The fraction of sp³-hybridized carbons (Fsp3) is 0.185. The van der Waals surface area contributed by atoms with Crippen molar-refractivity contribution in [2.24, 2.45) is 5.41 Å². The van der Waals surface area contributed by atoms with E-state index in [1.807, 2.05) is 0 Å². The molecule has 1 fully saturated rings. The zero-order valence-electron chi connectivity index (χ0n) is 20.0. The lowest BCUT2D eigenvalue weighted by Gasteiger charge is -2.16. The molecule has 0 unspecified atom stereocenters. The molecule has 1 saturated carbocycles. The molecule has 2 amide bonds. The number of rotatable bonds is 9. The first-order valence-corrected chi connectivity index (χ1v) is 11.8. The van der Waals surface area contributed by atoms with Gasteiger partial charge in [-0.15, -0.1) is 0 Å². The van der Waals surface area contributed by atoms with Gasteiger partial charge >= 0.3 is 0 Å². The van der Waals surface area contributed by atoms with Gasteiger partial charge in [0.2, 0.25) is 11.8 Å². The number of nitrogens with one attached hydrogen (secondary N) is 2. The van der Waals surface area contributed by atoms with Gasteiger partial charge in [-0.25, -0.2) is 8.78 Å². The Morgan fingerprint density at radius 3 is 2.39 bits per heavy atom. The molecular formula is C27H23F2N5O4. The summed E-state index contributed by atoms with van der Waals surface area (Å²) in [7, 11) is 0. The number of halogens is 2. The van der Waals surface area contributed by atoms with Crippen LogP contribution in [0, 0.1) is 17.0 Å². The summed E-state index contributed by atoms with van der Waals surface area (Å²) in [5.74, 6) is -1.92. The summed E-state index contributed by atoms with van der Waals surface area (Å²) in [4.78, 5) is 29.9. The molecule has 0 atom stereocenters. The zero-order valence-corrected chi connectivity index (χ0v) is 20.0. The Morgan fingerprint density at radius 2 is 1.71 bits per heavy atom. The lowest BCUT2D eigenvalue weighted by molar-refractivity contribution is -0.131. The van der Waals surface area contributed by atoms with E-state index in [1.165, 1.54) is 42.6 Å². The van der Waals surface area contributed by atoms with Gasteiger partial charge in [0.15, 0.2) is 11.6 Å². The minimum Gasteiger partial charge on any atom is -0.454 e. The van der Waals surface area contributed by atoms with Crippen LogP contribution in [0.15, 0.2) is 73.2 Å². The average Bonchev–Trinajstić information content (AvgIpc) is 3.60. The molecule has 9 nitrogen and oxygen atoms in total. The van der Waals surface area contributed by atoms with Crippen molar-refractivity contribution in [3.63, 3.8) is 0 Å². The molecule has 2 heterocycles. The topological polar surface area (TPSA) is 118 Å². The number of pyridine rings is 1. The molecule has 0 bridgehead atoms. The van der Waals surface area contributed by atoms with Crippen LogP contribution < -0.4 is 15.4 Å². The van der Waals surface area contributed by atoms with E-state index in [0.29, 0.717) is 42.1 Å². The Morgan fingerprint density at radius 1 is 1.00 bits per heavy atom. The Hall–Kier alpha value is -4.64. The first-order chi connectivity index (χ1) is 18.4. The third kappa shape index (κ3) is 5.37. The van der Waals surface area contributed by atoms with E-state index < -0.39 is 28.9 Å². The normalized spacial score (nSPS) is 13.6. The smallest absolute Gasteiger partial charge is 0.240 e. The highest BCUT2D eigenvalue weighted by Gasteiger charge is 2.56. The summed E-state index contributed by atoms with van der Waals surface area (Å²) in [5.41, 5.74) is 0.552. The molecule has 11 heteroatoms. The summed E-state index contributed by atoms with van der Waals surface area (Å²) in [5, 5.41) is 18.4. The first kappa shape index (κ1) is 25.0. The van der Waals surface area contributed by atoms with Crippen LogP contribution in [0.5, 0.6) is 11.5 Å². The fourth-order valence-corrected chi connectivity index (χ4v) is 3.86. The number of ether oxygens (including phenoxy) is 1. The highest BCUT2D eigenvalue weighted by atomic mass is 19.1. The number of amides is 2. The van der Waals surface area contributed by atoms with Crippen LogP contribution in [0.25, 0.3) is 11.3 Å². The molecule has 5 rings (SSSR count). The van der Waals surface area contributed by atoms with Crippen LogP contribution in [-0.2, 0) is 16.1 Å². The second kappa shape index (κ2) is 10.4. The lowest BCUT2D eigenvalue weighted by atomic mass is 10.0. The maximum absolute atomic E-state index is 14.8. The van der Waals surface area contributed by atoms with Crippen LogP contribution in [0.1, 0.15) is 12.8 Å². The number of nitrogens with zero attached hydrogens (tertiary/aromatic N) is 3.